The van der Waals surface area contributed by atoms with Crippen molar-refractivity contribution >= 4 is 81.4 Å². The van der Waals surface area contributed by atoms with E-state index in [0.717, 1.165) is 11.4 Å². The first-order chi connectivity index (χ1) is 19.4. The zero-order valence-corrected chi connectivity index (χ0v) is 24.1. The summed E-state index contributed by atoms with van der Waals surface area (Å²) in [6.07, 6.45) is -5.25. The molecule has 1 fully saturated rings. The fourth-order valence-electron chi connectivity index (χ4n) is 4.20. The van der Waals surface area contributed by atoms with Gasteiger partial charge in [-0.1, -0.05) is 34.8 Å². The van der Waals surface area contributed by atoms with Crippen LogP contribution in [0.2, 0.25) is 15.1 Å². The van der Waals surface area contributed by atoms with Gasteiger partial charge in [-0.25, -0.2) is 13.2 Å². The van der Waals surface area contributed by atoms with E-state index in [1.165, 1.54) is 24.3 Å². The average molecular weight is 696 g/mol. The molecule has 2 aliphatic rings. The van der Waals surface area contributed by atoms with Gasteiger partial charge in [0.2, 0.25) is 5.91 Å². The molecule has 3 amide bonds. The fraction of sp³-hybridized carbons (Fsp3) is 0.240. The summed E-state index contributed by atoms with van der Waals surface area (Å²) in [6, 6.07) is 4.43. The maximum Gasteiger partial charge on any atom is 0.471 e. The van der Waals surface area contributed by atoms with Gasteiger partial charge in [0.15, 0.2) is 5.82 Å². The molecular formula is C25H14Cl5F6N3O3. The van der Waals surface area contributed by atoms with Crippen LogP contribution in [-0.2, 0) is 9.59 Å². The molecule has 0 heterocycles. The third-order valence-electron chi connectivity index (χ3n) is 6.30. The summed E-state index contributed by atoms with van der Waals surface area (Å²) in [5.41, 5.74) is -1.37. The van der Waals surface area contributed by atoms with Crippen LogP contribution >= 0.6 is 58.0 Å². The molecule has 0 bridgehead atoms. The van der Waals surface area contributed by atoms with Crippen LogP contribution < -0.4 is 16.0 Å². The van der Waals surface area contributed by atoms with Gasteiger partial charge in [-0.3, -0.25) is 14.4 Å². The molecule has 0 aromatic heterocycles. The van der Waals surface area contributed by atoms with Crippen molar-refractivity contribution in [3.8, 4) is 0 Å². The van der Waals surface area contributed by atoms with Crippen molar-refractivity contribution in [2.45, 2.75) is 28.9 Å². The monoisotopic (exact) mass is 693 g/mol. The Morgan fingerprint density at radius 3 is 2.12 bits per heavy atom. The van der Waals surface area contributed by atoms with E-state index in [1.54, 1.807) is 0 Å². The maximum absolute atomic E-state index is 14.8. The van der Waals surface area contributed by atoms with E-state index in [-0.39, 0.29) is 26.3 Å². The molecule has 4 rings (SSSR count). The fourth-order valence-corrected chi connectivity index (χ4v) is 5.73. The average Bonchev–Trinajstić information content (AvgIpc) is 3.48. The van der Waals surface area contributed by atoms with Crippen molar-refractivity contribution in [2.24, 2.45) is 5.92 Å². The summed E-state index contributed by atoms with van der Waals surface area (Å²) < 4.78 is 78.7. The summed E-state index contributed by atoms with van der Waals surface area (Å²) >= 11 is 30.3. The summed E-state index contributed by atoms with van der Waals surface area (Å²) in [5.74, 6) is -10.1. The number of anilines is 1. The maximum atomic E-state index is 14.8. The molecule has 2 aromatic rings. The molecule has 3 atom stereocenters. The minimum atomic E-state index is -5.42. The van der Waals surface area contributed by atoms with E-state index in [1.807, 2.05) is 0 Å². The Morgan fingerprint density at radius 2 is 1.52 bits per heavy atom. The molecule has 2 unspecified atom stereocenters. The Kier molecular flexibility index (Phi) is 9.07. The topological polar surface area (TPSA) is 87.3 Å². The number of carbonyl (C=O) groups is 3. The van der Waals surface area contributed by atoms with Crippen LogP contribution in [0.25, 0.3) is 0 Å². The summed E-state index contributed by atoms with van der Waals surface area (Å²) in [4.78, 5) is 37.1. The van der Waals surface area contributed by atoms with Crippen LogP contribution in [0.1, 0.15) is 28.3 Å². The van der Waals surface area contributed by atoms with E-state index in [0.29, 0.717) is 11.6 Å². The van der Waals surface area contributed by atoms with Crippen LogP contribution in [0.5, 0.6) is 0 Å². The number of hydrogen-bond acceptors (Lipinski definition) is 3. The van der Waals surface area contributed by atoms with Crippen LogP contribution in [0.4, 0.5) is 32.0 Å². The molecule has 0 spiro atoms. The van der Waals surface area contributed by atoms with Gasteiger partial charge in [0.05, 0.1) is 32.6 Å². The smallest absolute Gasteiger partial charge is 0.342 e. The first-order valence-corrected chi connectivity index (χ1v) is 13.4. The van der Waals surface area contributed by atoms with Crippen molar-refractivity contribution in [3.05, 3.63) is 85.8 Å². The molecule has 6 nitrogen and oxygen atoms in total. The lowest BCUT2D eigenvalue weighted by Gasteiger charge is -2.23. The lowest BCUT2D eigenvalue weighted by atomic mass is 10.0. The number of rotatable bonds is 6. The normalized spacial score (nSPS) is 21.4. The van der Waals surface area contributed by atoms with Crippen molar-refractivity contribution < 1.29 is 40.7 Å². The van der Waals surface area contributed by atoms with Crippen molar-refractivity contribution in [3.63, 3.8) is 0 Å². The summed E-state index contributed by atoms with van der Waals surface area (Å²) in [7, 11) is 0. The van der Waals surface area contributed by atoms with E-state index < -0.39 is 75.7 Å². The Labute approximate surface area is 257 Å². The number of alkyl halides is 5. The Bertz CT molecular complexity index is 1540. The van der Waals surface area contributed by atoms with Crippen molar-refractivity contribution in [2.75, 3.05) is 5.32 Å². The third kappa shape index (κ3) is 6.47. The third-order valence-corrected chi connectivity index (χ3v) is 8.12. The highest BCUT2D eigenvalue weighted by atomic mass is 35.5. The van der Waals surface area contributed by atoms with Crippen LogP contribution in [0, 0.1) is 11.7 Å². The number of carbonyl (C=O) groups excluding carboxylic acids is 3. The Hall–Kier alpha value is -2.64. The van der Waals surface area contributed by atoms with Gasteiger partial charge in [-0.15, -0.1) is 23.2 Å². The van der Waals surface area contributed by atoms with E-state index in [9.17, 15) is 40.7 Å². The van der Waals surface area contributed by atoms with Gasteiger partial charge in [0.25, 0.3) is 5.91 Å². The second-order valence-corrected chi connectivity index (χ2v) is 11.8. The summed E-state index contributed by atoms with van der Waals surface area (Å²) in [6.45, 7) is 0. The standard InChI is InChI=1S/C25H14Cl5F6N3O3/c26-11-2-1-9(37-22(41)17-16(24(17,29)30)8-5-12(27)18(32)13(28)6-8)7-10(11)21(40)38-15-4-3-14(31)20(19(15)33)39-23(42)25(34,35)36/h1-3,5-7,15-17H,4H2,(H,37,41)(H,38,40)(H,39,42)/t15?,16-,17?/m0/s1. The highest BCUT2D eigenvalue weighted by Gasteiger charge is 2.67. The quantitative estimate of drug-likeness (QED) is 0.166. The highest BCUT2D eigenvalue weighted by molar-refractivity contribution is 6.53. The van der Waals surface area contributed by atoms with Crippen molar-refractivity contribution in [1.82, 2.24) is 10.6 Å². The van der Waals surface area contributed by atoms with E-state index in [4.69, 9.17) is 58.0 Å². The number of nitrogens with one attached hydrogen (secondary N) is 3. The number of allylic oxidation sites excluding steroid dienone is 1. The molecule has 17 heteroatoms. The van der Waals surface area contributed by atoms with Gasteiger partial charge in [0.1, 0.15) is 21.7 Å². The van der Waals surface area contributed by atoms with Gasteiger partial charge < -0.3 is 16.0 Å². The molecule has 2 aromatic carbocycles. The van der Waals surface area contributed by atoms with Gasteiger partial charge in [-0.2, -0.15) is 13.2 Å². The van der Waals surface area contributed by atoms with Crippen LogP contribution in [0.3, 0.4) is 0 Å². The minimum absolute atomic E-state index is 0.0169. The van der Waals surface area contributed by atoms with Gasteiger partial charge >= 0.3 is 12.1 Å². The first-order valence-electron chi connectivity index (χ1n) is 11.5. The van der Waals surface area contributed by atoms with Gasteiger partial charge in [0, 0.05) is 11.6 Å². The van der Waals surface area contributed by atoms with E-state index in [2.05, 4.69) is 10.6 Å². The van der Waals surface area contributed by atoms with Crippen LogP contribution in [-0.4, -0.2) is 34.3 Å². The minimum Gasteiger partial charge on any atom is -0.342 e. The molecular weight excluding hydrogens is 682 g/mol. The Balaban J connectivity index is 1.49. The molecule has 42 heavy (non-hydrogen) atoms. The largest absolute Gasteiger partial charge is 0.471 e. The molecule has 0 radical (unpaired) electrons. The predicted octanol–water partition coefficient (Wildman–Crippen LogP) is 7.53. The summed E-state index contributed by atoms with van der Waals surface area (Å²) in [5, 5.41) is 4.98. The van der Waals surface area contributed by atoms with Crippen molar-refractivity contribution in [1.29, 1.82) is 0 Å². The lowest BCUT2D eigenvalue weighted by Crippen LogP contribution is -2.41. The predicted molar refractivity (Wildman–Crippen MR) is 145 cm³/mol. The molecule has 224 valence electrons. The second kappa shape index (κ2) is 11.8. The van der Waals surface area contributed by atoms with Crippen LogP contribution in [0.15, 0.2) is 53.8 Å². The number of amides is 3. The lowest BCUT2D eigenvalue weighted by molar-refractivity contribution is -0.172. The molecule has 0 aliphatic heterocycles. The zero-order valence-electron chi connectivity index (χ0n) is 20.3. The molecule has 0 saturated heterocycles. The number of halogens is 11. The number of hydrogen-bond donors (Lipinski definition) is 3. The second-order valence-electron chi connectivity index (χ2n) is 9.10. The first kappa shape index (κ1) is 32.3. The Morgan fingerprint density at radius 1 is 0.905 bits per heavy atom. The SMILES string of the molecule is O=C(NC1CC=C(F)C(NC(=O)C(F)(F)F)=C1F)c1cc(NC(=O)C2[C@H](c3cc(Cl)c(F)c(Cl)c3)C2(Cl)Cl)ccc1Cl. The molecule has 3 N–H and O–H groups in total. The molecule has 2 aliphatic carbocycles. The zero-order chi connectivity index (χ0) is 31.3. The number of benzene rings is 2. The molecule has 1 saturated carbocycles. The van der Waals surface area contributed by atoms with Gasteiger partial charge in [-0.05, 0) is 48.4 Å². The highest BCUT2D eigenvalue weighted by Crippen LogP contribution is 2.65. The van der Waals surface area contributed by atoms with E-state index >= 15 is 0 Å².